The number of amides is 1. The van der Waals surface area contributed by atoms with Crippen molar-refractivity contribution in [3.8, 4) is 11.4 Å². The second kappa shape index (κ2) is 8.58. The molecule has 34 heavy (non-hydrogen) atoms. The van der Waals surface area contributed by atoms with Crippen molar-refractivity contribution in [2.24, 2.45) is 0 Å². The van der Waals surface area contributed by atoms with Gasteiger partial charge in [0.25, 0.3) is 11.6 Å². The lowest BCUT2D eigenvalue weighted by Gasteiger charge is -2.28. The molecule has 4 aromatic rings. The maximum absolute atomic E-state index is 13.4. The molecule has 2 N–H and O–H groups in total. The van der Waals surface area contributed by atoms with Gasteiger partial charge >= 0.3 is 0 Å². The minimum absolute atomic E-state index is 0.0401. The zero-order valence-corrected chi connectivity index (χ0v) is 18.0. The van der Waals surface area contributed by atoms with Crippen molar-refractivity contribution in [1.82, 2.24) is 19.7 Å². The predicted molar refractivity (Wildman–Crippen MR) is 126 cm³/mol. The number of pyridine rings is 1. The van der Waals surface area contributed by atoms with Gasteiger partial charge in [-0.2, -0.15) is 4.98 Å². The molecule has 0 bridgehead atoms. The molecule has 0 saturated carbocycles. The van der Waals surface area contributed by atoms with Crippen LogP contribution in [0.25, 0.3) is 11.4 Å². The van der Waals surface area contributed by atoms with Gasteiger partial charge < -0.3 is 10.6 Å². The average molecular weight is 453 g/mol. The summed E-state index contributed by atoms with van der Waals surface area (Å²) in [7, 11) is 0. The molecule has 1 atom stereocenters. The van der Waals surface area contributed by atoms with Crippen molar-refractivity contribution in [1.29, 1.82) is 0 Å². The number of nitro groups is 1. The van der Waals surface area contributed by atoms with E-state index in [9.17, 15) is 14.9 Å². The Morgan fingerprint density at radius 3 is 2.47 bits per heavy atom. The molecule has 0 aliphatic carbocycles. The van der Waals surface area contributed by atoms with Gasteiger partial charge in [0, 0.05) is 29.6 Å². The molecule has 5 rings (SSSR count). The molecule has 0 fully saturated rings. The lowest BCUT2D eigenvalue weighted by atomic mass is 9.95. The molecule has 10 heteroatoms. The number of anilines is 2. The molecule has 1 amide bonds. The molecular weight excluding hydrogens is 434 g/mol. The molecule has 1 aliphatic rings. The Kier molecular flexibility index (Phi) is 5.30. The molecule has 1 unspecified atom stereocenters. The molecule has 0 spiro atoms. The second-order valence-corrected chi connectivity index (χ2v) is 7.65. The first kappa shape index (κ1) is 21.0. The smallest absolute Gasteiger partial charge is 0.269 e. The van der Waals surface area contributed by atoms with Gasteiger partial charge in [-0.1, -0.05) is 36.4 Å². The van der Waals surface area contributed by atoms with Crippen LogP contribution >= 0.6 is 0 Å². The van der Waals surface area contributed by atoms with E-state index >= 15 is 0 Å². The Hall–Kier alpha value is -4.86. The quantitative estimate of drug-likeness (QED) is 0.343. The fraction of sp³-hybridized carbons (Fsp3) is 0.0833. The van der Waals surface area contributed by atoms with Crippen LogP contribution in [0.3, 0.4) is 0 Å². The molecule has 3 heterocycles. The van der Waals surface area contributed by atoms with E-state index < -0.39 is 11.0 Å². The van der Waals surface area contributed by atoms with Gasteiger partial charge in [0.1, 0.15) is 11.9 Å². The number of nitrogens with zero attached hydrogens (tertiary/aromatic N) is 5. The molecule has 1 aliphatic heterocycles. The number of allylic oxidation sites excluding steroid dienone is 1. The lowest BCUT2D eigenvalue weighted by molar-refractivity contribution is -0.384. The Bertz CT molecular complexity index is 1400. The van der Waals surface area contributed by atoms with Crippen LogP contribution in [0.2, 0.25) is 0 Å². The minimum Gasteiger partial charge on any atom is -0.328 e. The summed E-state index contributed by atoms with van der Waals surface area (Å²) in [4.78, 5) is 32.9. The summed E-state index contributed by atoms with van der Waals surface area (Å²) in [6.07, 6.45) is 1.59. The highest BCUT2D eigenvalue weighted by Gasteiger charge is 2.34. The number of nitro benzene ring substituents is 1. The molecule has 168 valence electrons. The summed E-state index contributed by atoms with van der Waals surface area (Å²) in [5.41, 5.74) is 2.43. The molecule has 0 saturated heterocycles. The normalized spacial score (nSPS) is 14.8. The molecule has 2 aromatic heterocycles. The van der Waals surface area contributed by atoms with Crippen LogP contribution in [0.15, 0.2) is 90.3 Å². The van der Waals surface area contributed by atoms with E-state index in [4.69, 9.17) is 0 Å². The van der Waals surface area contributed by atoms with Crippen molar-refractivity contribution in [2.45, 2.75) is 13.0 Å². The summed E-state index contributed by atoms with van der Waals surface area (Å²) < 4.78 is 1.63. The largest absolute Gasteiger partial charge is 0.328 e. The summed E-state index contributed by atoms with van der Waals surface area (Å²) in [6, 6.07) is 20.1. The van der Waals surface area contributed by atoms with E-state index in [2.05, 4.69) is 25.7 Å². The van der Waals surface area contributed by atoms with E-state index in [1.165, 1.54) is 12.1 Å². The zero-order valence-electron chi connectivity index (χ0n) is 18.0. The zero-order chi connectivity index (χ0) is 23.7. The van der Waals surface area contributed by atoms with E-state index in [-0.39, 0.29) is 11.6 Å². The van der Waals surface area contributed by atoms with Crippen LogP contribution in [-0.4, -0.2) is 30.6 Å². The van der Waals surface area contributed by atoms with Crippen LogP contribution in [0.1, 0.15) is 18.5 Å². The van der Waals surface area contributed by atoms with E-state index in [1.807, 2.05) is 30.3 Å². The Morgan fingerprint density at radius 1 is 1.06 bits per heavy atom. The number of aromatic nitrogens is 4. The van der Waals surface area contributed by atoms with Gasteiger partial charge in [0.05, 0.1) is 10.5 Å². The monoisotopic (exact) mass is 453 g/mol. The first-order chi connectivity index (χ1) is 16.5. The highest BCUT2D eigenvalue weighted by atomic mass is 16.6. The van der Waals surface area contributed by atoms with Crippen molar-refractivity contribution in [3.05, 3.63) is 106 Å². The first-order valence-electron chi connectivity index (χ1n) is 10.5. The molecule has 0 radical (unpaired) electrons. The third-order valence-electron chi connectivity index (χ3n) is 5.46. The van der Waals surface area contributed by atoms with E-state index in [0.29, 0.717) is 34.4 Å². The van der Waals surface area contributed by atoms with E-state index in [1.54, 1.807) is 48.1 Å². The number of carbonyl (C=O) groups is 1. The first-order valence-corrected chi connectivity index (χ1v) is 10.5. The third-order valence-corrected chi connectivity index (χ3v) is 5.46. The number of hydrogen-bond donors (Lipinski definition) is 2. The number of benzene rings is 2. The predicted octanol–water partition coefficient (Wildman–Crippen LogP) is 4.18. The van der Waals surface area contributed by atoms with Crippen molar-refractivity contribution in [3.63, 3.8) is 0 Å². The van der Waals surface area contributed by atoms with Crippen LogP contribution in [0.5, 0.6) is 0 Å². The third kappa shape index (κ3) is 3.88. The van der Waals surface area contributed by atoms with Gasteiger partial charge in [0.15, 0.2) is 5.82 Å². The maximum Gasteiger partial charge on any atom is 0.269 e. The molecule has 10 nitrogen and oxygen atoms in total. The number of hydrogen-bond acceptors (Lipinski definition) is 7. The van der Waals surface area contributed by atoms with Crippen molar-refractivity contribution in [2.75, 3.05) is 10.6 Å². The minimum atomic E-state index is -0.661. The number of fused-ring (bicyclic) bond motifs is 1. The van der Waals surface area contributed by atoms with Crippen molar-refractivity contribution < 1.29 is 9.72 Å². The topological polar surface area (TPSA) is 128 Å². The summed E-state index contributed by atoms with van der Waals surface area (Å²) in [6.45, 7) is 1.78. The van der Waals surface area contributed by atoms with Crippen LogP contribution in [0, 0.1) is 10.1 Å². The van der Waals surface area contributed by atoms with Crippen LogP contribution < -0.4 is 10.6 Å². The standard InChI is InChI=1S/C24H19N7O3/c1-15-20(23(32)27-19-9-5-6-14-25-19)21(16-10-12-18(13-11-16)31(33)34)30-24(26-15)28-22(29-30)17-7-3-2-4-8-17/h2-14,21H,1H3,(H,25,27,32)(H,26,28,29). The summed E-state index contributed by atoms with van der Waals surface area (Å²) >= 11 is 0. The number of nitrogens with one attached hydrogen (secondary N) is 2. The van der Waals surface area contributed by atoms with Gasteiger partial charge in [-0.3, -0.25) is 14.9 Å². The Balaban J connectivity index is 1.61. The fourth-order valence-electron chi connectivity index (χ4n) is 3.86. The Labute approximate surface area is 194 Å². The summed E-state index contributed by atoms with van der Waals surface area (Å²) in [5, 5.41) is 21.9. The van der Waals surface area contributed by atoms with E-state index in [0.717, 1.165) is 5.56 Å². The van der Waals surface area contributed by atoms with Crippen LogP contribution in [0.4, 0.5) is 17.5 Å². The molecule has 2 aromatic carbocycles. The van der Waals surface area contributed by atoms with Gasteiger partial charge in [-0.25, -0.2) is 9.67 Å². The SMILES string of the molecule is CC1=C(C(=O)Nc2ccccn2)C(c2ccc([N+](=O)[O-])cc2)n2nc(-c3ccccc3)nc2N1. The second-order valence-electron chi connectivity index (χ2n) is 7.65. The van der Waals surface area contributed by atoms with Crippen LogP contribution in [-0.2, 0) is 4.79 Å². The highest BCUT2D eigenvalue weighted by Crippen LogP contribution is 2.37. The molecular formula is C24H19N7O3. The van der Waals surface area contributed by atoms with Gasteiger partial charge in [0.2, 0.25) is 5.95 Å². The van der Waals surface area contributed by atoms with Crippen molar-refractivity contribution >= 4 is 23.4 Å². The van der Waals surface area contributed by atoms with Gasteiger partial charge in [-0.15, -0.1) is 5.10 Å². The Morgan fingerprint density at radius 2 is 1.79 bits per heavy atom. The lowest BCUT2D eigenvalue weighted by Crippen LogP contribution is -2.31. The summed E-state index contributed by atoms with van der Waals surface area (Å²) in [5.74, 6) is 1.00. The number of carbonyl (C=O) groups excluding carboxylic acids is 1. The number of rotatable bonds is 5. The maximum atomic E-state index is 13.4. The highest BCUT2D eigenvalue weighted by molar-refractivity contribution is 6.05. The number of non-ortho nitro benzene ring substituents is 1. The average Bonchev–Trinajstić information content (AvgIpc) is 3.28. The fourth-order valence-corrected chi connectivity index (χ4v) is 3.86. The van der Waals surface area contributed by atoms with Gasteiger partial charge in [-0.05, 0) is 36.8 Å².